The normalized spacial score (nSPS) is 13.1. The van der Waals surface area contributed by atoms with E-state index in [2.05, 4.69) is 43.6 Å². The Hall–Kier alpha value is -1.40. The van der Waals surface area contributed by atoms with E-state index in [1.54, 1.807) is 6.33 Å². The molecule has 2 rings (SSSR count). The molecule has 0 radical (unpaired) electrons. The van der Waals surface area contributed by atoms with Crippen LogP contribution in [0.15, 0.2) is 6.33 Å². The number of nitrogens with zero attached hydrogens (tertiary/aromatic N) is 5. The van der Waals surface area contributed by atoms with Crippen molar-refractivity contribution in [2.75, 3.05) is 32.5 Å². The van der Waals surface area contributed by atoms with Crippen molar-refractivity contribution in [3.8, 4) is 0 Å². The molecule has 2 aromatic heterocycles. The van der Waals surface area contributed by atoms with Crippen LogP contribution in [0, 0.1) is 0 Å². The highest BCUT2D eigenvalue weighted by atomic mass is 35.5. The zero-order chi connectivity index (χ0) is 14.7. The Kier molecular flexibility index (Phi) is 4.77. The molecule has 0 fully saturated rings. The topological polar surface area (TPSA) is 58.9 Å². The van der Waals surface area contributed by atoms with Crippen LogP contribution in [-0.4, -0.2) is 51.6 Å². The first-order chi connectivity index (χ1) is 9.52. The number of anilines is 1. The molecule has 0 saturated heterocycles. The van der Waals surface area contributed by atoms with Crippen molar-refractivity contribution in [2.24, 2.45) is 0 Å². The van der Waals surface area contributed by atoms with E-state index in [1.165, 1.54) is 0 Å². The highest BCUT2D eigenvalue weighted by Gasteiger charge is 2.15. The van der Waals surface area contributed by atoms with Crippen molar-refractivity contribution in [1.82, 2.24) is 24.4 Å². The van der Waals surface area contributed by atoms with Gasteiger partial charge in [0.15, 0.2) is 11.5 Å². The summed E-state index contributed by atoms with van der Waals surface area (Å²) in [5.41, 5.74) is 1.56. The lowest BCUT2D eigenvalue weighted by molar-refractivity contribution is 0.425. The summed E-state index contributed by atoms with van der Waals surface area (Å²) in [6, 6.07) is 0.346. The van der Waals surface area contributed by atoms with E-state index in [0.29, 0.717) is 11.7 Å². The quantitative estimate of drug-likeness (QED) is 0.830. The van der Waals surface area contributed by atoms with Crippen molar-refractivity contribution in [3.63, 3.8) is 0 Å². The SMILES string of the molecule is CCC(C)n1cnc2nc(Cl)nc(NCCN(C)C)c21. The molecule has 0 aliphatic carbocycles. The molecule has 0 amide bonds. The number of fused-ring (bicyclic) bond motifs is 1. The van der Waals surface area contributed by atoms with Gasteiger partial charge >= 0.3 is 0 Å². The molecule has 6 nitrogen and oxygen atoms in total. The van der Waals surface area contributed by atoms with E-state index in [0.717, 1.165) is 30.8 Å². The van der Waals surface area contributed by atoms with E-state index < -0.39 is 0 Å². The lowest BCUT2D eigenvalue weighted by Crippen LogP contribution is -2.21. The molecule has 1 atom stereocenters. The van der Waals surface area contributed by atoms with Crippen LogP contribution in [0.5, 0.6) is 0 Å². The van der Waals surface area contributed by atoms with Gasteiger partial charge in [-0.1, -0.05) is 6.92 Å². The molecule has 110 valence electrons. The van der Waals surface area contributed by atoms with Gasteiger partial charge < -0.3 is 14.8 Å². The first-order valence-electron chi connectivity index (χ1n) is 6.81. The number of rotatable bonds is 6. The highest BCUT2D eigenvalue weighted by Crippen LogP contribution is 2.25. The minimum Gasteiger partial charge on any atom is -0.367 e. The van der Waals surface area contributed by atoms with Crippen molar-refractivity contribution in [3.05, 3.63) is 11.6 Å². The Morgan fingerprint density at radius 3 is 2.80 bits per heavy atom. The highest BCUT2D eigenvalue weighted by molar-refractivity contribution is 6.28. The van der Waals surface area contributed by atoms with Crippen LogP contribution in [0.4, 0.5) is 5.82 Å². The third-order valence-corrected chi connectivity index (χ3v) is 3.49. The van der Waals surface area contributed by atoms with Crippen LogP contribution in [0.2, 0.25) is 5.28 Å². The molecule has 1 N–H and O–H groups in total. The number of nitrogens with one attached hydrogen (secondary N) is 1. The van der Waals surface area contributed by atoms with Gasteiger partial charge in [-0.3, -0.25) is 0 Å². The molecule has 0 saturated carbocycles. The van der Waals surface area contributed by atoms with E-state index in [4.69, 9.17) is 11.6 Å². The number of hydrogen-bond donors (Lipinski definition) is 1. The third kappa shape index (κ3) is 3.19. The summed E-state index contributed by atoms with van der Waals surface area (Å²) in [6.07, 6.45) is 2.83. The van der Waals surface area contributed by atoms with Gasteiger partial charge in [0.05, 0.1) is 6.33 Å². The van der Waals surface area contributed by atoms with E-state index in [9.17, 15) is 0 Å². The van der Waals surface area contributed by atoms with Gasteiger partial charge in [0.25, 0.3) is 0 Å². The third-order valence-electron chi connectivity index (χ3n) is 3.32. The maximum Gasteiger partial charge on any atom is 0.226 e. The molecule has 2 heterocycles. The zero-order valence-electron chi connectivity index (χ0n) is 12.4. The molecule has 7 heteroatoms. The van der Waals surface area contributed by atoms with E-state index in [1.807, 2.05) is 14.1 Å². The largest absolute Gasteiger partial charge is 0.367 e. The van der Waals surface area contributed by atoms with Crippen molar-refractivity contribution in [1.29, 1.82) is 0 Å². The van der Waals surface area contributed by atoms with Gasteiger partial charge in [0.2, 0.25) is 5.28 Å². The molecule has 0 aliphatic rings. The van der Waals surface area contributed by atoms with Crippen LogP contribution in [0.3, 0.4) is 0 Å². The molecule has 0 aliphatic heterocycles. The van der Waals surface area contributed by atoms with E-state index >= 15 is 0 Å². The van der Waals surface area contributed by atoms with Crippen LogP contribution < -0.4 is 5.32 Å². The smallest absolute Gasteiger partial charge is 0.226 e. The summed E-state index contributed by atoms with van der Waals surface area (Å²) >= 11 is 5.97. The van der Waals surface area contributed by atoms with Gasteiger partial charge in [0.1, 0.15) is 5.52 Å². The monoisotopic (exact) mass is 296 g/mol. The molecular formula is C13H21ClN6. The van der Waals surface area contributed by atoms with Gasteiger partial charge in [0, 0.05) is 19.1 Å². The maximum absolute atomic E-state index is 5.97. The van der Waals surface area contributed by atoms with Crippen LogP contribution in [0.1, 0.15) is 26.3 Å². The fourth-order valence-corrected chi connectivity index (χ4v) is 2.14. The second-order valence-electron chi connectivity index (χ2n) is 5.15. The minimum absolute atomic E-state index is 0.222. The second-order valence-corrected chi connectivity index (χ2v) is 5.49. The Bertz CT molecular complexity index is 579. The molecular weight excluding hydrogens is 276 g/mol. The standard InChI is InChI=1S/C13H21ClN6/c1-5-9(2)20-8-16-12-10(20)11(17-13(14)18-12)15-6-7-19(3)4/h8-9H,5-7H2,1-4H3,(H,15,17,18). The number of aromatic nitrogens is 4. The van der Waals surface area contributed by atoms with Crippen LogP contribution >= 0.6 is 11.6 Å². The summed E-state index contributed by atoms with van der Waals surface area (Å²) in [6.45, 7) is 6.01. The molecule has 0 aromatic carbocycles. The number of imidazole rings is 1. The van der Waals surface area contributed by atoms with Crippen LogP contribution in [-0.2, 0) is 0 Å². The fourth-order valence-electron chi connectivity index (χ4n) is 1.97. The summed E-state index contributed by atoms with van der Waals surface area (Å²) in [5.74, 6) is 0.750. The molecule has 20 heavy (non-hydrogen) atoms. The minimum atomic E-state index is 0.222. The van der Waals surface area contributed by atoms with Crippen LogP contribution in [0.25, 0.3) is 11.2 Å². The first kappa shape index (κ1) is 15.0. The van der Waals surface area contributed by atoms with Crippen molar-refractivity contribution < 1.29 is 0 Å². The van der Waals surface area contributed by atoms with Gasteiger partial charge in [-0.2, -0.15) is 9.97 Å². The predicted octanol–water partition coefficient (Wildman–Crippen LogP) is 2.42. The van der Waals surface area contributed by atoms with Gasteiger partial charge in [-0.15, -0.1) is 0 Å². The average Bonchev–Trinajstić information content (AvgIpc) is 2.81. The number of likely N-dealkylation sites (N-methyl/N-ethyl adjacent to an activating group) is 1. The fraction of sp³-hybridized carbons (Fsp3) is 0.615. The molecule has 1 unspecified atom stereocenters. The summed E-state index contributed by atoms with van der Waals surface area (Å²) in [5, 5.41) is 3.55. The Morgan fingerprint density at radius 1 is 1.40 bits per heavy atom. The van der Waals surface area contributed by atoms with Crippen molar-refractivity contribution >= 4 is 28.6 Å². The van der Waals surface area contributed by atoms with Gasteiger partial charge in [-0.05, 0) is 39.0 Å². The van der Waals surface area contributed by atoms with E-state index in [-0.39, 0.29) is 5.28 Å². The molecule has 0 bridgehead atoms. The summed E-state index contributed by atoms with van der Waals surface area (Å²) in [4.78, 5) is 14.9. The van der Waals surface area contributed by atoms with Crippen molar-refractivity contribution in [2.45, 2.75) is 26.3 Å². The molecule has 0 spiro atoms. The van der Waals surface area contributed by atoms with Gasteiger partial charge in [-0.25, -0.2) is 4.98 Å². The predicted molar refractivity (Wildman–Crippen MR) is 82.4 cm³/mol. The zero-order valence-corrected chi connectivity index (χ0v) is 13.1. The summed E-state index contributed by atoms with van der Waals surface area (Å²) in [7, 11) is 4.07. The summed E-state index contributed by atoms with van der Waals surface area (Å²) < 4.78 is 2.10. The lowest BCUT2D eigenvalue weighted by Gasteiger charge is -2.15. The molecule has 2 aromatic rings. The first-order valence-corrected chi connectivity index (χ1v) is 7.19. The maximum atomic E-state index is 5.97. The second kappa shape index (κ2) is 6.37. The Morgan fingerprint density at radius 2 is 2.15 bits per heavy atom. The lowest BCUT2D eigenvalue weighted by atomic mass is 10.2. The Balaban J connectivity index is 2.37. The average molecular weight is 297 g/mol. The Labute approximate surface area is 124 Å². The number of hydrogen-bond acceptors (Lipinski definition) is 5. The number of halogens is 1.